The maximum absolute atomic E-state index is 13.2. The number of nitrogens with one attached hydrogen (secondary N) is 1. The second kappa shape index (κ2) is 49.8. The smallest absolute Gasteiger partial charge is 0.306 e. The normalized spacial score (nSPS) is 14.0. The molecule has 0 saturated carbocycles. The van der Waals surface area contributed by atoms with Gasteiger partial charge in [0.05, 0.1) is 25.2 Å². The summed E-state index contributed by atoms with van der Waals surface area (Å²) in [6.07, 6.45) is 66.2. The van der Waals surface area contributed by atoms with Gasteiger partial charge in [-0.25, -0.2) is 0 Å². The van der Waals surface area contributed by atoms with Gasteiger partial charge in [-0.1, -0.05) is 221 Å². The van der Waals surface area contributed by atoms with Crippen LogP contribution in [0.15, 0.2) is 97.2 Å². The van der Waals surface area contributed by atoms with Gasteiger partial charge in [-0.2, -0.15) is 0 Å². The minimum atomic E-state index is -0.821. The van der Waals surface area contributed by atoms with Crippen LogP contribution in [-0.2, 0) is 14.3 Å². The van der Waals surface area contributed by atoms with Crippen molar-refractivity contribution in [1.82, 2.24) is 5.32 Å². The Labute approximate surface area is 388 Å². The standard InChI is InChI=1S/C57H97NO5/c1-4-7-10-13-16-19-22-25-27-28-30-32-35-38-41-44-47-50-57(62)63-53(48-45-42-39-36-33-31-29-26-23-20-17-14-11-8-5-2)51-56(61)58-54(52-59)55(60)49-46-43-40-37-34-24-21-18-15-12-9-6-3/h8,11,16-17,19-20,25-27,29-30,32-33,36,42,45,53-55,59-60H,4-7,9-10,12-15,18,21-24,28,31,34-35,37-41,43-44,46-52H2,1-3H3,(H,58,61)/b11-8-,19-16-,20-17-,27-25-,29-26-,32-30-,36-33-,45-42-. The van der Waals surface area contributed by atoms with Crippen molar-refractivity contribution in [3.63, 3.8) is 0 Å². The number of esters is 1. The van der Waals surface area contributed by atoms with Crippen LogP contribution in [0, 0.1) is 0 Å². The van der Waals surface area contributed by atoms with Crippen LogP contribution in [0.3, 0.4) is 0 Å². The largest absolute Gasteiger partial charge is 0.461 e. The van der Waals surface area contributed by atoms with Crippen LogP contribution in [0.5, 0.6) is 0 Å². The van der Waals surface area contributed by atoms with Crippen molar-refractivity contribution in [2.24, 2.45) is 0 Å². The summed E-state index contributed by atoms with van der Waals surface area (Å²) in [4.78, 5) is 26.1. The highest BCUT2D eigenvalue weighted by molar-refractivity contribution is 5.77. The predicted octanol–water partition coefficient (Wildman–Crippen LogP) is 15.7. The molecule has 0 heterocycles. The Bertz CT molecular complexity index is 1260. The lowest BCUT2D eigenvalue weighted by molar-refractivity contribution is -0.150. The van der Waals surface area contributed by atoms with Gasteiger partial charge in [0.1, 0.15) is 6.10 Å². The van der Waals surface area contributed by atoms with Crippen LogP contribution in [0.4, 0.5) is 0 Å². The number of rotatable bonds is 45. The van der Waals surface area contributed by atoms with Crippen LogP contribution in [0.25, 0.3) is 0 Å². The highest BCUT2D eigenvalue weighted by Gasteiger charge is 2.23. The number of hydrogen-bond donors (Lipinski definition) is 3. The van der Waals surface area contributed by atoms with Gasteiger partial charge in [-0.05, 0) is 83.5 Å². The highest BCUT2D eigenvalue weighted by Crippen LogP contribution is 2.16. The Kier molecular flexibility index (Phi) is 47.2. The predicted molar refractivity (Wildman–Crippen MR) is 273 cm³/mol. The molecule has 360 valence electrons. The van der Waals surface area contributed by atoms with Crippen LogP contribution in [0.1, 0.15) is 226 Å². The molecule has 0 aromatic rings. The van der Waals surface area contributed by atoms with Crippen LogP contribution >= 0.6 is 0 Å². The summed E-state index contributed by atoms with van der Waals surface area (Å²) in [5.74, 6) is -0.612. The Morgan fingerprint density at radius 2 is 0.889 bits per heavy atom. The quantitative estimate of drug-likeness (QED) is 0.0322. The first kappa shape index (κ1) is 59.8. The summed E-state index contributed by atoms with van der Waals surface area (Å²) >= 11 is 0. The minimum absolute atomic E-state index is 0.0147. The molecule has 6 nitrogen and oxygen atoms in total. The third kappa shape index (κ3) is 45.2. The summed E-state index contributed by atoms with van der Waals surface area (Å²) in [5, 5.41) is 23.7. The van der Waals surface area contributed by atoms with E-state index in [1.54, 1.807) is 0 Å². The lowest BCUT2D eigenvalue weighted by Gasteiger charge is -2.24. The Morgan fingerprint density at radius 3 is 1.38 bits per heavy atom. The first-order chi connectivity index (χ1) is 31.0. The fourth-order valence-electron chi connectivity index (χ4n) is 7.22. The summed E-state index contributed by atoms with van der Waals surface area (Å²) < 4.78 is 5.86. The second-order valence-corrected chi connectivity index (χ2v) is 17.2. The van der Waals surface area contributed by atoms with Crippen LogP contribution < -0.4 is 5.32 Å². The zero-order valence-corrected chi connectivity index (χ0v) is 40.9. The molecule has 0 aliphatic heterocycles. The molecule has 63 heavy (non-hydrogen) atoms. The average molecular weight is 876 g/mol. The summed E-state index contributed by atoms with van der Waals surface area (Å²) in [5.41, 5.74) is 0. The molecule has 0 saturated heterocycles. The third-order valence-electron chi connectivity index (χ3n) is 11.1. The van der Waals surface area contributed by atoms with Gasteiger partial charge in [-0.3, -0.25) is 9.59 Å². The monoisotopic (exact) mass is 876 g/mol. The number of amides is 1. The van der Waals surface area contributed by atoms with Crippen LogP contribution in [-0.4, -0.2) is 46.9 Å². The van der Waals surface area contributed by atoms with Gasteiger partial charge < -0.3 is 20.3 Å². The van der Waals surface area contributed by atoms with Gasteiger partial charge in [0, 0.05) is 12.8 Å². The van der Waals surface area contributed by atoms with Crippen LogP contribution in [0.2, 0.25) is 0 Å². The molecule has 0 spiro atoms. The molecule has 0 aromatic carbocycles. The molecule has 0 fully saturated rings. The number of allylic oxidation sites excluding steroid dienone is 15. The molecule has 1 amide bonds. The molecular formula is C57H97NO5. The lowest BCUT2D eigenvalue weighted by atomic mass is 10.0. The van der Waals surface area contributed by atoms with E-state index >= 15 is 0 Å². The highest BCUT2D eigenvalue weighted by atomic mass is 16.5. The molecule has 0 rings (SSSR count). The molecule has 3 N–H and O–H groups in total. The van der Waals surface area contributed by atoms with E-state index < -0.39 is 18.2 Å². The van der Waals surface area contributed by atoms with Crippen molar-refractivity contribution in [3.8, 4) is 0 Å². The van der Waals surface area contributed by atoms with E-state index in [-0.39, 0.29) is 24.9 Å². The molecule has 6 heteroatoms. The topological polar surface area (TPSA) is 95.9 Å². The summed E-state index contributed by atoms with van der Waals surface area (Å²) in [6.45, 7) is 6.30. The van der Waals surface area contributed by atoms with E-state index in [2.05, 4.69) is 111 Å². The molecule has 3 atom stereocenters. The lowest BCUT2D eigenvalue weighted by Crippen LogP contribution is -2.46. The molecular weight excluding hydrogens is 779 g/mol. The van der Waals surface area contributed by atoms with Crippen molar-refractivity contribution in [1.29, 1.82) is 0 Å². The maximum atomic E-state index is 13.2. The number of ether oxygens (including phenoxy) is 1. The number of aliphatic hydroxyl groups excluding tert-OH is 2. The molecule has 0 aromatic heterocycles. The van der Waals surface area contributed by atoms with E-state index in [4.69, 9.17) is 4.74 Å². The van der Waals surface area contributed by atoms with E-state index in [1.165, 1.54) is 83.5 Å². The maximum Gasteiger partial charge on any atom is 0.306 e. The summed E-state index contributed by atoms with van der Waals surface area (Å²) in [6, 6.07) is -0.742. The number of carbonyl (C=O) groups excluding carboxylic acids is 2. The number of unbranched alkanes of at least 4 members (excludes halogenated alkanes) is 18. The molecule has 0 bridgehead atoms. The van der Waals surface area contributed by atoms with E-state index in [0.29, 0.717) is 19.3 Å². The van der Waals surface area contributed by atoms with E-state index in [0.717, 1.165) is 96.3 Å². The van der Waals surface area contributed by atoms with Crippen molar-refractivity contribution in [2.45, 2.75) is 244 Å². The number of aliphatic hydroxyl groups is 2. The van der Waals surface area contributed by atoms with Crippen molar-refractivity contribution in [2.75, 3.05) is 6.61 Å². The summed E-state index contributed by atoms with van der Waals surface area (Å²) in [7, 11) is 0. The van der Waals surface area contributed by atoms with Crippen molar-refractivity contribution < 1.29 is 24.5 Å². The number of hydrogen-bond acceptors (Lipinski definition) is 5. The zero-order valence-electron chi connectivity index (χ0n) is 40.9. The average Bonchev–Trinajstić information content (AvgIpc) is 3.28. The van der Waals surface area contributed by atoms with Crippen molar-refractivity contribution in [3.05, 3.63) is 97.2 Å². The SMILES string of the molecule is CC/C=C\C/C=C\C/C=C\C/C=C\C/C=C\CC(CC(=O)NC(CO)C(O)CCCCCCCCCCCCCC)OC(=O)CCCCCC/C=C\C/C=C\C/C=C\CCCCC. The van der Waals surface area contributed by atoms with E-state index in [1.807, 2.05) is 12.2 Å². The third-order valence-corrected chi connectivity index (χ3v) is 11.1. The molecule has 0 radical (unpaired) electrons. The van der Waals surface area contributed by atoms with Gasteiger partial charge in [0.2, 0.25) is 5.91 Å². The fourth-order valence-corrected chi connectivity index (χ4v) is 7.22. The van der Waals surface area contributed by atoms with Gasteiger partial charge in [0.15, 0.2) is 0 Å². The Morgan fingerprint density at radius 1 is 0.492 bits per heavy atom. The molecule has 3 unspecified atom stereocenters. The fraction of sp³-hybridized carbons (Fsp3) is 0.684. The minimum Gasteiger partial charge on any atom is -0.461 e. The van der Waals surface area contributed by atoms with E-state index in [9.17, 15) is 19.8 Å². The zero-order chi connectivity index (χ0) is 45.9. The van der Waals surface area contributed by atoms with Gasteiger partial charge in [-0.15, -0.1) is 0 Å². The van der Waals surface area contributed by atoms with Crippen molar-refractivity contribution >= 4 is 11.9 Å². The first-order valence-electron chi connectivity index (χ1n) is 26.0. The van der Waals surface area contributed by atoms with Gasteiger partial charge >= 0.3 is 5.97 Å². The van der Waals surface area contributed by atoms with Gasteiger partial charge in [0.25, 0.3) is 0 Å². The molecule has 0 aliphatic carbocycles. The Balaban J connectivity index is 4.78. The second-order valence-electron chi connectivity index (χ2n) is 17.2. The number of carbonyl (C=O) groups is 2. The molecule has 0 aliphatic rings. The Hall–Kier alpha value is -3.22. The first-order valence-corrected chi connectivity index (χ1v) is 26.0.